The van der Waals surface area contributed by atoms with Crippen molar-refractivity contribution >= 4 is 32.6 Å². The molecule has 4 aromatic rings. The summed E-state index contributed by atoms with van der Waals surface area (Å²) in [5, 5.41) is 12.5. The van der Waals surface area contributed by atoms with Crippen molar-refractivity contribution in [3.63, 3.8) is 0 Å². The van der Waals surface area contributed by atoms with Crippen molar-refractivity contribution in [3.8, 4) is 11.6 Å². The Hall–Kier alpha value is -4.00. The van der Waals surface area contributed by atoms with Crippen LogP contribution in [0.3, 0.4) is 0 Å². The topological polar surface area (TPSA) is 137 Å². The molecule has 1 aromatic carbocycles. The molecule has 1 N–H and O–H groups in total. The van der Waals surface area contributed by atoms with Crippen LogP contribution in [0.2, 0.25) is 0 Å². The highest BCUT2D eigenvalue weighted by atomic mass is 32.2. The van der Waals surface area contributed by atoms with Gasteiger partial charge in [-0.3, -0.25) is 4.79 Å². The summed E-state index contributed by atoms with van der Waals surface area (Å²) in [7, 11) is -2.93. The molecule has 7 rings (SSSR count). The highest BCUT2D eigenvalue weighted by Gasteiger charge is 2.32. The smallest absolute Gasteiger partial charge is 0.226 e. The normalized spacial score (nSPS) is 23.5. The Balaban J connectivity index is 0.977. The van der Waals surface area contributed by atoms with Crippen LogP contribution in [-0.2, 0) is 27.7 Å². The minimum atomic E-state index is -2.93. The lowest BCUT2D eigenvalue weighted by atomic mass is 9.85. The fourth-order valence-electron chi connectivity index (χ4n) is 6.41. The standard InChI is InChI=1S/C29H34N8O4S/c38-28(35-13-14-36-19-31-34-27(36)16-35)21-4-6-22(7-5-21)32-29-30-11-8-26(33-29)37-12-9-23-24(37)2-1-3-25(23)41-17-20-10-15-42(39,40)18-20/h1-3,8-9,11-12,19-22H,4-7,10,13-18H2,(H,30,32,33)/t20?,21-,22-. The quantitative estimate of drug-likeness (QED) is 0.344. The SMILES string of the molecule is O=C([C@H]1CC[C@H](Nc2nccc(-n3ccc4c(OCC5CCS(=O)(=O)C5)cccc43)n2)CC1)N1CCn2cnnc2C1. The summed E-state index contributed by atoms with van der Waals surface area (Å²) in [6.45, 7) is 2.37. The van der Waals surface area contributed by atoms with Crippen LogP contribution in [0.5, 0.6) is 5.75 Å². The van der Waals surface area contributed by atoms with Gasteiger partial charge >= 0.3 is 0 Å². The summed E-state index contributed by atoms with van der Waals surface area (Å²) in [5.41, 5.74) is 0.950. The largest absolute Gasteiger partial charge is 0.493 e. The molecular formula is C29H34N8O4S. The van der Waals surface area contributed by atoms with Crippen LogP contribution in [0.15, 0.2) is 49.1 Å². The zero-order chi connectivity index (χ0) is 28.7. The number of aromatic nitrogens is 6. The number of hydrogen-bond donors (Lipinski definition) is 1. The lowest BCUT2D eigenvalue weighted by molar-refractivity contribution is -0.138. The predicted octanol–water partition coefficient (Wildman–Crippen LogP) is 2.84. The number of nitrogens with zero attached hydrogens (tertiary/aromatic N) is 7. The second-order valence-electron chi connectivity index (χ2n) is 11.6. The van der Waals surface area contributed by atoms with Crippen molar-refractivity contribution in [2.75, 3.05) is 30.0 Å². The second kappa shape index (κ2) is 11.0. The van der Waals surface area contributed by atoms with Gasteiger partial charge in [0.2, 0.25) is 11.9 Å². The van der Waals surface area contributed by atoms with Gasteiger partial charge in [0.1, 0.15) is 17.9 Å². The van der Waals surface area contributed by atoms with E-state index in [2.05, 4.69) is 20.5 Å². The van der Waals surface area contributed by atoms with Crippen molar-refractivity contribution < 1.29 is 17.9 Å². The Morgan fingerprint density at radius 2 is 1.95 bits per heavy atom. The maximum atomic E-state index is 13.2. The lowest BCUT2D eigenvalue weighted by Crippen LogP contribution is -2.43. The van der Waals surface area contributed by atoms with Gasteiger partial charge in [-0.15, -0.1) is 10.2 Å². The first-order valence-corrected chi connectivity index (χ1v) is 16.4. The summed E-state index contributed by atoms with van der Waals surface area (Å²) in [5.74, 6) is 3.62. The Morgan fingerprint density at radius 3 is 2.79 bits per heavy atom. The van der Waals surface area contributed by atoms with E-state index in [4.69, 9.17) is 9.72 Å². The van der Waals surface area contributed by atoms with Crippen LogP contribution < -0.4 is 10.1 Å². The molecule has 1 saturated carbocycles. The third-order valence-electron chi connectivity index (χ3n) is 8.74. The molecule has 5 heterocycles. The molecule has 1 saturated heterocycles. The minimum Gasteiger partial charge on any atom is -0.493 e. The van der Waals surface area contributed by atoms with Crippen LogP contribution in [-0.4, -0.2) is 79.2 Å². The number of sulfone groups is 1. The maximum absolute atomic E-state index is 13.2. The van der Waals surface area contributed by atoms with Crippen LogP contribution in [0.4, 0.5) is 5.95 Å². The number of benzene rings is 1. The number of fused-ring (bicyclic) bond motifs is 2. The van der Waals surface area contributed by atoms with Gasteiger partial charge in [-0.25, -0.2) is 13.4 Å². The van der Waals surface area contributed by atoms with Crippen LogP contribution in [0.25, 0.3) is 16.7 Å². The molecule has 3 aliphatic rings. The van der Waals surface area contributed by atoms with Gasteiger partial charge in [0.05, 0.1) is 30.2 Å². The first-order chi connectivity index (χ1) is 20.4. The molecule has 2 fully saturated rings. The highest BCUT2D eigenvalue weighted by Crippen LogP contribution is 2.31. The lowest BCUT2D eigenvalue weighted by Gasteiger charge is -2.34. The molecular weight excluding hydrogens is 556 g/mol. The number of ether oxygens (including phenoxy) is 1. The van der Waals surface area contributed by atoms with E-state index in [1.165, 1.54) is 0 Å². The number of carbonyl (C=O) groups excluding carboxylic acids is 1. The van der Waals surface area contributed by atoms with Gasteiger partial charge in [0.25, 0.3) is 0 Å². The molecule has 1 aliphatic carbocycles. The van der Waals surface area contributed by atoms with Crippen molar-refractivity contribution in [2.24, 2.45) is 11.8 Å². The van der Waals surface area contributed by atoms with E-state index in [0.29, 0.717) is 32.1 Å². The minimum absolute atomic E-state index is 0.0312. The van der Waals surface area contributed by atoms with Gasteiger partial charge in [-0.05, 0) is 56.4 Å². The fraction of sp³-hybridized carbons (Fsp3) is 0.483. The Morgan fingerprint density at radius 1 is 1.07 bits per heavy atom. The molecule has 220 valence electrons. The van der Waals surface area contributed by atoms with Gasteiger partial charge in [0.15, 0.2) is 15.7 Å². The fourth-order valence-corrected chi connectivity index (χ4v) is 8.25. The van der Waals surface area contributed by atoms with E-state index >= 15 is 0 Å². The molecule has 0 bridgehead atoms. The van der Waals surface area contributed by atoms with Crippen molar-refractivity contribution in [2.45, 2.75) is 51.2 Å². The van der Waals surface area contributed by atoms with Gasteiger partial charge in [-0.2, -0.15) is 4.98 Å². The van der Waals surface area contributed by atoms with Gasteiger partial charge in [-0.1, -0.05) is 6.07 Å². The van der Waals surface area contributed by atoms with Crippen molar-refractivity contribution in [3.05, 3.63) is 54.9 Å². The molecule has 42 heavy (non-hydrogen) atoms. The predicted molar refractivity (Wildman–Crippen MR) is 156 cm³/mol. The number of hydrogen-bond acceptors (Lipinski definition) is 9. The zero-order valence-corrected chi connectivity index (χ0v) is 24.1. The molecule has 12 nitrogen and oxygen atoms in total. The van der Waals surface area contributed by atoms with Crippen LogP contribution in [0.1, 0.15) is 37.9 Å². The summed E-state index contributed by atoms with van der Waals surface area (Å²) in [6, 6.07) is 9.94. The van der Waals surface area contributed by atoms with E-state index in [0.717, 1.165) is 60.5 Å². The zero-order valence-electron chi connectivity index (χ0n) is 23.3. The number of carbonyl (C=O) groups is 1. The third-order valence-corrected chi connectivity index (χ3v) is 10.6. The van der Waals surface area contributed by atoms with E-state index in [1.807, 2.05) is 50.6 Å². The van der Waals surface area contributed by atoms with Crippen molar-refractivity contribution in [1.29, 1.82) is 0 Å². The van der Waals surface area contributed by atoms with Gasteiger partial charge < -0.3 is 24.1 Å². The van der Waals surface area contributed by atoms with E-state index in [9.17, 15) is 13.2 Å². The summed E-state index contributed by atoms with van der Waals surface area (Å²) < 4.78 is 33.7. The summed E-state index contributed by atoms with van der Waals surface area (Å²) >= 11 is 0. The summed E-state index contributed by atoms with van der Waals surface area (Å²) in [6.07, 6.45) is 9.51. The monoisotopic (exact) mass is 590 g/mol. The van der Waals surface area contributed by atoms with E-state index < -0.39 is 9.84 Å². The molecule has 3 aromatic heterocycles. The number of rotatable bonds is 7. The summed E-state index contributed by atoms with van der Waals surface area (Å²) in [4.78, 5) is 24.4. The molecule has 0 spiro atoms. The third kappa shape index (κ3) is 5.44. The molecule has 2 aliphatic heterocycles. The first-order valence-electron chi connectivity index (χ1n) is 14.6. The van der Waals surface area contributed by atoms with E-state index in [-0.39, 0.29) is 35.3 Å². The molecule has 1 atom stereocenters. The van der Waals surface area contributed by atoms with Crippen molar-refractivity contribution in [1.82, 2.24) is 34.2 Å². The molecule has 1 amide bonds. The average molecular weight is 591 g/mol. The van der Waals surface area contributed by atoms with Crippen LogP contribution in [0, 0.1) is 11.8 Å². The Labute approximate surface area is 244 Å². The molecule has 1 unspecified atom stereocenters. The Bertz CT molecular complexity index is 1710. The number of amides is 1. The highest BCUT2D eigenvalue weighted by molar-refractivity contribution is 7.91. The number of nitrogens with one attached hydrogen (secondary N) is 1. The average Bonchev–Trinajstić information content (AvgIpc) is 3.74. The first kappa shape index (κ1) is 26.9. The molecule has 13 heteroatoms. The molecule has 0 radical (unpaired) electrons. The Kier molecular flexibility index (Phi) is 7.04. The second-order valence-corrected chi connectivity index (χ2v) is 13.8. The van der Waals surface area contributed by atoms with E-state index in [1.54, 1.807) is 12.5 Å². The van der Waals surface area contributed by atoms with Gasteiger partial charge in [0, 0.05) is 48.7 Å². The maximum Gasteiger partial charge on any atom is 0.226 e. The van der Waals surface area contributed by atoms with Crippen LogP contribution >= 0.6 is 0 Å². The number of anilines is 1.